The van der Waals surface area contributed by atoms with Gasteiger partial charge in [0.2, 0.25) is 0 Å². The Hall–Kier alpha value is -3.57. The Morgan fingerprint density at radius 3 is 2.62 bits per heavy atom. The number of benzene rings is 2. The molecule has 5 rings (SSSR count). The van der Waals surface area contributed by atoms with Crippen molar-refractivity contribution >= 4 is 11.3 Å². The van der Waals surface area contributed by atoms with Crippen molar-refractivity contribution < 1.29 is 4.74 Å². The summed E-state index contributed by atoms with van der Waals surface area (Å²) >= 11 is 0. The molecule has 5 heteroatoms. The van der Waals surface area contributed by atoms with Crippen LogP contribution < -0.4 is 10.5 Å². The van der Waals surface area contributed by atoms with Crippen LogP contribution in [0, 0.1) is 0 Å². The lowest BCUT2D eigenvalue weighted by molar-refractivity contribution is 0.242. The molecule has 0 fully saturated rings. The van der Waals surface area contributed by atoms with Crippen LogP contribution in [0.3, 0.4) is 0 Å². The highest BCUT2D eigenvalue weighted by atomic mass is 16.5. The van der Waals surface area contributed by atoms with Crippen LogP contribution in [0.1, 0.15) is 23.7 Å². The fourth-order valence-corrected chi connectivity index (χ4v) is 4.31. The second-order valence-electron chi connectivity index (χ2n) is 8.60. The molecule has 0 unspecified atom stereocenters. The highest BCUT2D eigenvalue weighted by Gasteiger charge is 2.21. The van der Waals surface area contributed by atoms with Gasteiger partial charge in [-0.05, 0) is 66.4 Å². The number of imidazole rings is 1. The van der Waals surface area contributed by atoms with Gasteiger partial charge in [0.25, 0.3) is 0 Å². The number of anilines is 1. The number of hydrogen-bond donors (Lipinski definition) is 1. The fourth-order valence-electron chi connectivity index (χ4n) is 4.31. The maximum atomic E-state index is 6.13. The number of hydrogen-bond acceptors (Lipinski definition) is 4. The van der Waals surface area contributed by atoms with Gasteiger partial charge in [-0.25, -0.2) is 4.98 Å². The molecular formula is C27H28N4O. The Labute approximate surface area is 188 Å². The second-order valence-corrected chi connectivity index (χ2v) is 8.60. The van der Waals surface area contributed by atoms with E-state index in [9.17, 15) is 0 Å². The maximum Gasteiger partial charge on any atom is 0.137 e. The van der Waals surface area contributed by atoms with E-state index in [1.807, 2.05) is 37.4 Å². The van der Waals surface area contributed by atoms with Crippen molar-refractivity contribution in [2.45, 2.75) is 26.4 Å². The fraction of sp³-hybridized carbons (Fsp3) is 0.222. The van der Waals surface area contributed by atoms with Crippen LogP contribution in [0.25, 0.3) is 16.9 Å². The van der Waals surface area contributed by atoms with Gasteiger partial charge < -0.3 is 14.9 Å². The summed E-state index contributed by atoms with van der Waals surface area (Å²) in [5.74, 6) is 0.832. The number of aromatic nitrogens is 2. The van der Waals surface area contributed by atoms with Crippen molar-refractivity contribution in [2.75, 3.05) is 18.9 Å². The molecule has 32 heavy (non-hydrogen) atoms. The summed E-state index contributed by atoms with van der Waals surface area (Å²) in [7, 11) is 0. The first-order valence-electron chi connectivity index (χ1n) is 11.0. The standard InChI is InChI=1S/C27H28N4O/c1-19(2)18-32-24-10-7-21(8-11-24)27-25(31-16-23(28)9-12-26(31)29-27)17-30-14-13-20-5-3-4-6-22(20)15-30/h3-12,16H,1,13-15,17-18,28H2,2H3. The van der Waals surface area contributed by atoms with Crippen molar-refractivity contribution in [2.24, 2.45) is 0 Å². The van der Waals surface area contributed by atoms with Crippen LogP contribution in [0.15, 0.2) is 79.0 Å². The predicted molar refractivity (Wildman–Crippen MR) is 130 cm³/mol. The minimum atomic E-state index is 0.522. The van der Waals surface area contributed by atoms with E-state index in [1.54, 1.807) is 0 Å². The number of rotatable bonds is 6. The summed E-state index contributed by atoms with van der Waals surface area (Å²) < 4.78 is 7.90. The molecule has 5 nitrogen and oxygen atoms in total. The van der Waals surface area contributed by atoms with Gasteiger partial charge in [0.15, 0.2) is 0 Å². The smallest absolute Gasteiger partial charge is 0.137 e. The van der Waals surface area contributed by atoms with E-state index < -0.39 is 0 Å². The zero-order valence-corrected chi connectivity index (χ0v) is 18.4. The van der Waals surface area contributed by atoms with Gasteiger partial charge in [-0.3, -0.25) is 4.90 Å². The van der Waals surface area contributed by atoms with Gasteiger partial charge in [-0.1, -0.05) is 30.8 Å². The van der Waals surface area contributed by atoms with Gasteiger partial charge in [-0.2, -0.15) is 0 Å². The molecule has 0 amide bonds. The number of pyridine rings is 1. The van der Waals surface area contributed by atoms with Gasteiger partial charge in [0, 0.05) is 37.1 Å². The lowest BCUT2D eigenvalue weighted by Gasteiger charge is -2.28. The third kappa shape index (κ3) is 4.12. The van der Waals surface area contributed by atoms with Crippen molar-refractivity contribution in [1.29, 1.82) is 0 Å². The van der Waals surface area contributed by atoms with Crippen molar-refractivity contribution in [3.8, 4) is 17.0 Å². The Bertz CT molecular complexity index is 1270. The van der Waals surface area contributed by atoms with Gasteiger partial charge in [0.1, 0.15) is 18.0 Å². The summed E-state index contributed by atoms with van der Waals surface area (Å²) in [6, 6.07) is 20.8. The molecule has 0 saturated carbocycles. The van der Waals surface area contributed by atoms with Gasteiger partial charge >= 0.3 is 0 Å². The molecule has 2 aromatic heterocycles. The number of fused-ring (bicyclic) bond motifs is 2. The van der Waals surface area contributed by atoms with Crippen LogP contribution in [0.2, 0.25) is 0 Å². The molecule has 162 valence electrons. The summed E-state index contributed by atoms with van der Waals surface area (Å²) in [6.45, 7) is 9.16. The summed E-state index contributed by atoms with van der Waals surface area (Å²) in [4.78, 5) is 7.45. The van der Waals surface area contributed by atoms with Crippen LogP contribution in [-0.2, 0) is 19.5 Å². The maximum absolute atomic E-state index is 6.13. The minimum absolute atomic E-state index is 0.522. The zero-order chi connectivity index (χ0) is 22.1. The van der Waals surface area contributed by atoms with Crippen molar-refractivity contribution in [1.82, 2.24) is 14.3 Å². The quantitative estimate of drug-likeness (QED) is 0.438. The summed E-state index contributed by atoms with van der Waals surface area (Å²) in [6.07, 6.45) is 3.04. The molecule has 3 heterocycles. The number of nitrogens with zero attached hydrogens (tertiary/aromatic N) is 3. The molecule has 0 spiro atoms. The average molecular weight is 425 g/mol. The van der Waals surface area contributed by atoms with Crippen LogP contribution in [0.5, 0.6) is 5.75 Å². The van der Waals surface area contributed by atoms with E-state index >= 15 is 0 Å². The molecule has 2 aromatic carbocycles. The van der Waals surface area contributed by atoms with E-state index in [2.05, 4.69) is 52.3 Å². The average Bonchev–Trinajstić information content (AvgIpc) is 3.15. The second kappa shape index (κ2) is 8.52. The van der Waals surface area contributed by atoms with Crippen molar-refractivity contribution in [3.63, 3.8) is 0 Å². The van der Waals surface area contributed by atoms with Crippen LogP contribution >= 0.6 is 0 Å². The molecular weight excluding hydrogens is 396 g/mol. The Morgan fingerprint density at radius 2 is 1.84 bits per heavy atom. The molecule has 0 atom stereocenters. The Morgan fingerprint density at radius 1 is 1.06 bits per heavy atom. The first-order valence-corrected chi connectivity index (χ1v) is 11.0. The van der Waals surface area contributed by atoms with E-state index in [4.69, 9.17) is 15.5 Å². The molecule has 0 bridgehead atoms. The first kappa shape index (κ1) is 20.3. The van der Waals surface area contributed by atoms with E-state index in [0.717, 1.165) is 65.7 Å². The number of nitrogens with two attached hydrogens (primary N) is 1. The lowest BCUT2D eigenvalue weighted by atomic mass is 9.99. The predicted octanol–water partition coefficient (Wildman–Crippen LogP) is 5.10. The van der Waals surface area contributed by atoms with Crippen molar-refractivity contribution in [3.05, 3.63) is 95.8 Å². The molecule has 0 aliphatic carbocycles. The molecule has 4 aromatic rings. The Kier molecular flexibility index (Phi) is 5.41. The van der Waals surface area contributed by atoms with E-state index in [1.165, 1.54) is 11.1 Å². The highest BCUT2D eigenvalue weighted by molar-refractivity contribution is 5.68. The molecule has 0 saturated heterocycles. The van der Waals surface area contributed by atoms with Gasteiger partial charge in [-0.15, -0.1) is 0 Å². The molecule has 2 N–H and O–H groups in total. The summed E-state index contributed by atoms with van der Waals surface area (Å²) in [5.41, 5.74) is 14.8. The monoisotopic (exact) mass is 424 g/mol. The zero-order valence-electron chi connectivity index (χ0n) is 18.4. The van der Waals surface area contributed by atoms with E-state index in [0.29, 0.717) is 6.61 Å². The number of ether oxygens (including phenoxy) is 1. The molecule has 1 aliphatic heterocycles. The van der Waals surface area contributed by atoms with Gasteiger partial charge in [0.05, 0.1) is 11.4 Å². The molecule has 1 aliphatic rings. The highest BCUT2D eigenvalue weighted by Crippen LogP contribution is 2.29. The number of nitrogen functional groups attached to an aromatic ring is 1. The SMILES string of the molecule is C=C(C)COc1ccc(-c2nc3ccc(N)cn3c2CN2CCc3ccccc3C2)cc1. The lowest BCUT2D eigenvalue weighted by Crippen LogP contribution is -2.30. The normalized spacial score (nSPS) is 13.8. The minimum Gasteiger partial charge on any atom is -0.489 e. The van der Waals surface area contributed by atoms with Crippen LogP contribution in [0.4, 0.5) is 5.69 Å². The van der Waals surface area contributed by atoms with Crippen LogP contribution in [-0.4, -0.2) is 27.4 Å². The summed E-state index contributed by atoms with van der Waals surface area (Å²) in [5, 5.41) is 0. The Balaban J connectivity index is 1.48. The topological polar surface area (TPSA) is 55.8 Å². The first-order chi connectivity index (χ1) is 15.6. The molecule has 0 radical (unpaired) electrons. The third-order valence-corrected chi connectivity index (χ3v) is 5.94. The third-order valence-electron chi connectivity index (χ3n) is 5.94. The largest absolute Gasteiger partial charge is 0.489 e. The van der Waals surface area contributed by atoms with E-state index in [-0.39, 0.29) is 0 Å².